The van der Waals surface area contributed by atoms with Gasteiger partial charge in [-0.25, -0.2) is 9.78 Å². The normalized spacial score (nSPS) is 10.5. The number of aldehydes is 1. The van der Waals surface area contributed by atoms with Crippen LogP contribution in [-0.4, -0.2) is 35.4 Å². The molecule has 0 saturated heterocycles. The molecule has 0 spiro atoms. The Hall–Kier alpha value is -3.68. The van der Waals surface area contributed by atoms with Crippen molar-refractivity contribution >= 4 is 17.9 Å². The molecule has 0 radical (unpaired) electrons. The van der Waals surface area contributed by atoms with E-state index < -0.39 is 5.97 Å². The van der Waals surface area contributed by atoms with Crippen LogP contribution in [0, 0.1) is 6.92 Å². The lowest BCUT2D eigenvalue weighted by atomic mass is 10.2. The van der Waals surface area contributed by atoms with Crippen LogP contribution >= 0.6 is 0 Å². The average Bonchev–Trinajstić information content (AvgIpc) is 2.70. The van der Waals surface area contributed by atoms with Crippen LogP contribution in [-0.2, 0) is 16.1 Å². The molecule has 3 rings (SSSR count). The maximum atomic E-state index is 12.2. The van der Waals surface area contributed by atoms with E-state index in [0.717, 1.165) is 5.69 Å². The third kappa shape index (κ3) is 4.17. The molecule has 0 bridgehead atoms. The molecule has 0 atom stereocenters. The fraction of sp³-hybridized carbons (Fsp3) is 0.200. The second kappa shape index (κ2) is 8.34. The number of carbonyl (C=O) groups is 2. The predicted molar refractivity (Wildman–Crippen MR) is 99.9 cm³/mol. The third-order valence-electron chi connectivity index (χ3n) is 3.98. The lowest BCUT2D eigenvalue weighted by molar-refractivity contribution is -0.147. The van der Waals surface area contributed by atoms with Gasteiger partial charge in [0, 0.05) is 17.3 Å². The number of methoxy groups -OCH3 is 1. The van der Waals surface area contributed by atoms with Crippen molar-refractivity contribution in [3.05, 3.63) is 69.8 Å². The molecule has 28 heavy (non-hydrogen) atoms. The fourth-order valence-electron chi connectivity index (χ4n) is 2.65. The van der Waals surface area contributed by atoms with E-state index in [-0.39, 0.29) is 18.8 Å². The molecule has 0 fully saturated rings. The van der Waals surface area contributed by atoms with Crippen LogP contribution in [0.5, 0.6) is 11.5 Å². The topological polar surface area (TPSA) is 96.2 Å². The highest BCUT2D eigenvalue weighted by Crippen LogP contribution is 2.27. The van der Waals surface area contributed by atoms with Crippen molar-refractivity contribution in [3.8, 4) is 11.5 Å². The molecule has 0 aliphatic rings. The van der Waals surface area contributed by atoms with Gasteiger partial charge in [0.1, 0.15) is 18.5 Å². The Balaban J connectivity index is 1.63. The number of pyridine rings is 1. The van der Waals surface area contributed by atoms with Crippen molar-refractivity contribution in [2.24, 2.45) is 0 Å². The lowest BCUT2D eigenvalue weighted by Crippen LogP contribution is -2.19. The standard InChI is InChI=1S/C20H18N2O6/c1-13-4-3-5-18-21-15(9-19(24)22(13)18)11-28-20(25)12-27-16-7-6-14(10-23)8-17(16)26-2/h3-10H,11-12H2,1-2H3. The Kier molecular flexibility index (Phi) is 5.69. The van der Waals surface area contributed by atoms with Crippen LogP contribution in [0.25, 0.3) is 5.65 Å². The summed E-state index contributed by atoms with van der Waals surface area (Å²) in [7, 11) is 1.43. The molecule has 0 amide bonds. The lowest BCUT2D eigenvalue weighted by Gasteiger charge is -2.11. The number of hydrogen-bond donors (Lipinski definition) is 0. The zero-order valence-electron chi connectivity index (χ0n) is 15.4. The summed E-state index contributed by atoms with van der Waals surface area (Å²) in [6, 6.07) is 11.2. The Morgan fingerprint density at radius 2 is 2.00 bits per heavy atom. The quantitative estimate of drug-likeness (QED) is 0.455. The molecule has 8 heteroatoms. The van der Waals surface area contributed by atoms with E-state index in [1.165, 1.54) is 29.7 Å². The van der Waals surface area contributed by atoms with Crippen molar-refractivity contribution in [2.45, 2.75) is 13.5 Å². The molecule has 0 N–H and O–H groups in total. The first-order valence-corrected chi connectivity index (χ1v) is 8.42. The second-order valence-corrected chi connectivity index (χ2v) is 5.92. The van der Waals surface area contributed by atoms with E-state index in [1.807, 2.05) is 13.0 Å². The van der Waals surface area contributed by atoms with E-state index in [9.17, 15) is 14.4 Å². The summed E-state index contributed by atoms with van der Waals surface area (Å²) in [5.41, 5.74) is 1.77. The van der Waals surface area contributed by atoms with E-state index >= 15 is 0 Å². The maximum Gasteiger partial charge on any atom is 0.344 e. The van der Waals surface area contributed by atoms with Crippen molar-refractivity contribution in [3.63, 3.8) is 0 Å². The number of ether oxygens (including phenoxy) is 3. The Labute approximate surface area is 160 Å². The summed E-state index contributed by atoms with van der Waals surface area (Å²) < 4.78 is 17.1. The molecular formula is C20H18N2O6. The Morgan fingerprint density at radius 1 is 1.18 bits per heavy atom. The Bertz CT molecular complexity index is 1090. The van der Waals surface area contributed by atoms with Crippen LogP contribution in [0.15, 0.2) is 47.3 Å². The van der Waals surface area contributed by atoms with Crippen LogP contribution in [0.1, 0.15) is 21.7 Å². The molecule has 2 aromatic heterocycles. The van der Waals surface area contributed by atoms with Gasteiger partial charge in [0.15, 0.2) is 18.1 Å². The van der Waals surface area contributed by atoms with E-state index in [4.69, 9.17) is 14.2 Å². The number of hydrogen-bond acceptors (Lipinski definition) is 7. The molecule has 0 unspecified atom stereocenters. The molecule has 0 saturated carbocycles. The van der Waals surface area contributed by atoms with E-state index in [2.05, 4.69) is 4.98 Å². The van der Waals surface area contributed by atoms with Gasteiger partial charge in [-0.05, 0) is 37.3 Å². The predicted octanol–water partition coefficient (Wildman–Crippen LogP) is 1.95. The number of aryl methyl sites for hydroxylation is 1. The van der Waals surface area contributed by atoms with Gasteiger partial charge in [0.2, 0.25) is 0 Å². The smallest absolute Gasteiger partial charge is 0.344 e. The minimum atomic E-state index is -0.632. The average molecular weight is 382 g/mol. The summed E-state index contributed by atoms with van der Waals surface area (Å²) >= 11 is 0. The zero-order chi connectivity index (χ0) is 20.1. The first-order valence-electron chi connectivity index (χ1n) is 8.42. The van der Waals surface area contributed by atoms with Gasteiger partial charge in [-0.1, -0.05) is 6.07 Å². The highest BCUT2D eigenvalue weighted by atomic mass is 16.6. The molecule has 8 nitrogen and oxygen atoms in total. The van der Waals surface area contributed by atoms with Gasteiger partial charge in [0.25, 0.3) is 5.56 Å². The van der Waals surface area contributed by atoms with Crippen LogP contribution < -0.4 is 15.0 Å². The third-order valence-corrected chi connectivity index (χ3v) is 3.98. The van der Waals surface area contributed by atoms with Gasteiger partial charge in [0.05, 0.1) is 12.8 Å². The van der Waals surface area contributed by atoms with Gasteiger partial charge >= 0.3 is 5.97 Å². The maximum absolute atomic E-state index is 12.2. The summed E-state index contributed by atoms with van der Waals surface area (Å²) in [4.78, 5) is 39.3. The minimum absolute atomic E-state index is 0.150. The molecule has 2 heterocycles. The summed E-state index contributed by atoms with van der Waals surface area (Å²) in [5.74, 6) is 0.00680. The number of esters is 1. The molecule has 0 aliphatic carbocycles. The molecule has 3 aromatic rings. The SMILES string of the molecule is COc1cc(C=O)ccc1OCC(=O)OCc1cc(=O)n2c(C)cccc2n1. The van der Waals surface area contributed by atoms with E-state index in [1.54, 1.807) is 18.2 Å². The van der Waals surface area contributed by atoms with Gasteiger partial charge < -0.3 is 14.2 Å². The first-order chi connectivity index (χ1) is 13.5. The van der Waals surface area contributed by atoms with Gasteiger partial charge in [-0.3, -0.25) is 14.0 Å². The van der Waals surface area contributed by atoms with E-state index in [0.29, 0.717) is 34.7 Å². The van der Waals surface area contributed by atoms with Crippen molar-refractivity contribution in [2.75, 3.05) is 13.7 Å². The minimum Gasteiger partial charge on any atom is -0.493 e. The second-order valence-electron chi connectivity index (χ2n) is 5.92. The van der Waals surface area contributed by atoms with Crippen LogP contribution in [0.2, 0.25) is 0 Å². The highest BCUT2D eigenvalue weighted by Gasteiger charge is 2.11. The molecule has 1 aromatic carbocycles. The fourth-order valence-corrected chi connectivity index (χ4v) is 2.65. The summed E-state index contributed by atoms with van der Waals surface area (Å²) in [6.45, 7) is 1.30. The molecular weight excluding hydrogens is 364 g/mol. The summed E-state index contributed by atoms with van der Waals surface area (Å²) in [6.07, 6.45) is 0.682. The molecule has 144 valence electrons. The van der Waals surface area contributed by atoms with Gasteiger partial charge in [-0.2, -0.15) is 0 Å². The van der Waals surface area contributed by atoms with Crippen molar-refractivity contribution in [1.82, 2.24) is 9.38 Å². The number of nitrogens with zero attached hydrogens (tertiary/aromatic N) is 2. The van der Waals surface area contributed by atoms with Crippen molar-refractivity contribution < 1.29 is 23.8 Å². The van der Waals surface area contributed by atoms with Crippen LogP contribution in [0.3, 0.4) is 0 Å². The molecule has 0 aliphatic heterocycles. The number of carbonyl (C=O) groups excluding carboxylic acids is 2. The number of rotatable bonds is 7. The largest absolute Gasteiger partial charge is 0.493 e. The number of benzene rings is 1. The monoisotopic (exact) mass is 382 g/mol. The number of fused-ring (bicyclic) bond motifs is 1. The first kappa shape index (κ1) is 19.1. The highest BCUT2D eigenvalue weighted by molar-refractivity contribution is 5.76. The zero-order valence-corrected chi connectivity index (χ0v) is 15.4. The van der Waals surface area contributed by atoms with Gasteiger partial charge in [-0.15, -0.1) is 0 Å². The van der Waals surface area contributed by atoms with Crippen molar-refractivity contribution in [1.29, 1.82) is 0 Å². The summed E-state index contributed by atoms with van der Waals surface area (Å²) in [5, 5.41) is 0. The Morgan fingerprint density at radius 3 is 2.75 bits per heavy atom. The number of aromatic nitrogens is 2. The van der Waals surface area contributed by atoms with Crippen LogP contribution in [0.4, 0.5) is 0 Å².